The topological polar surface area (TPSA) is 47.9 Å². The van der Waals surface area contributed by atoms with Crippen molar-refractivity contribution in [2.24, 2.45) is 4.99 Å². The predicted octanol–water partition coefficient (Wildman–Crippen LogP) is 0.756. The van der Waals surface area contributed by atoms with Gasteiger partial charge in [-0.05, 0) is 54.5 Å². The van der Waals surface area contributed by atoms with Crippen LogP contribution in [0, 0.1) is 0 Å². The molecule has 0 spiro atoms. The van der Waals surface area contributed by atoms with Gasteiger partial charge in [-0.25, -0.2) is 0 Å². The number of halogens is 1. The van der Waals surface area contributed by atoms with Crippen molar-refractivity contribution in [2.45, 2.75) is 65.2 Å². The smallest absolute Gasteiger partial charge is 1.00 e. The van der Waals surface area contributed by atoms with Crippen LogP contribution in [0.5, 0.6) is 5.75 Å². The molecule has 0 aliphatic carbocycles. The van der Waals surface area contributed by atoms with E-state index in [-0.39, 0.29) is 66.7 Å². The molecule has 0 bridgehead atoms. The number of ether oxygens (including phenoxy) is 1. The molecule has 2 rings (SSSR count). The summed E-state index contributed by atoms with van der Waals surface area (Å²) in [4.78, 5) is 6.51. The summed E-state index contributed by atoms with van der Waals surface area (Å²) >= 11 is 0. The second-order valence-corrected chi connectivity index (χ2v) is 9.60. The second kappa shape index (κ2) is 14.3. The number of hydrogen-bond donors (Lipinski definition) is 0. The van der Waals surface area contributed by atoms with Crippen LogP contribution in [0.1, 0.15) is 71.1 Å². The number of likely N-dealkylation sites (N-methyl/N-ethyl adjacent to an activating group) is 1. The van der Waals surface area contributed by atoms with E-state index >= 15 is 0 Å². The molecule has 1 saturated heterocycles. The Bertz CT molecular complexity index is 609. The minimum absolute atomic E-state index is 0. The minimum Gasteiger partial charge on any atom is -1.00 e. The normalized spacial score (nSPS) is 14.2. The molecule has 0 aromatic heterocycles. The van der Waals surface area contributed by atoms with Gasteiger partial charge in [0.2, 0.25) is 0 Å². The number of benzene rings is 1. The summed E-state index contributed by atoms with van der Waals surface area (Å²) in [6, 6.07) is 4.07. The maximum absolute atomic E-state index is 12.7. The Hall–Kier alpha value is 0.160. The fraction of sp³-hybridized carbons (Fsp3) is 0.696. The van der Waals surface area contributed by atoms with Gasteiger partial charge in [-0.3, -0.25) is 4.99 Å². The van der Waals surface area contributed by atoms with Crippen molar-refractivity contribution in [3.05, 3.63) is 28.8 Å². The van der Waals surface area contributed by atoms with Crippen LogP contribution >= 0.6 is 0 Å². The van der Waals surface area contributed by atoms with Crippen LogP contribution in [0.4, 0.5) is 0 Å². The molecule has 0 N–H and O–H groups in total. The van der Waals surface area contributed by atoms with Gasteiger partial charge in [0, 0.05) is 26.0 Å². The van der Waals surface area contributed by atoms with Crippen LogP contribution in [0.2, 0.25) is 0 Å². The molecule has 1 aromatic rings. The van der Waals surface area contributed by atoms with Gasteiger partial charge in [-0.1, -0.05) is 59.4 Å². The molecule has 1 aliphatic rings. The molecule has 1 aliphatic heterocycles. The van der Waals surface area contributed by atoms with Gasteiger partial charge in [0.25, 0.3) is 0 Å². The van der Waals surface area contributed by atoms with Crippen molar-refractivity contribution in [3.63, 3.8) is 0 Å². The molecule has 0 saturated carbocycles. The summed E-state index contributed by atoms with van der Waals surface area (Å²) in [7, 11) is 4.04. The Labute approximate surface area is 214 Å². The van der Waals surface area contributed by atoms with Gasteiger partial charge in [-0.15, -0.1) is 0 Å². The van der Waals surface area contributed by atoms with Crippen LogP contribution in [0.25, 0.3) is 0 Å². The standard InChI is InChI=1S/C19H32N2O.C4H8O.Ca.ClH/c1-18(2,3)15-11-14(13-20-9-10-21(7)8)17(22)16(12-15)19(4,5)6;1-2-4-5-3-1;;/h11-13,22H,9-10H2,1-8H3;1-4H2;;1H/q;;+2;/p-2. The van der Waals surface area contributed by atoms with E-state index in [4.69, 9.17) is 4.74 Å². The zero-order chi connectivity index (χ0) is 20.7. The van der Waals surface area contributed by atoms with E-state index in [1.54, 1.807) is 6.21 Å². The van der Waals surface area contributed by atoms with Crippen molar-refractivity contribution in [3.8, 4) is 5.75 Å². The first-order valence-electron chi connectivity index (χ1n) is 10.0. The number of nitrogens with zero attached hydrogens (tertiary/aromatic N) is 2. The molecule has 0 amide bonds. The summed E-state index contributed by atoms with van der Waals surface area (Å²) in [5.74, 6) is 0.106. The van der Waals surface area contributed by atoms with Crippen LogP contribution in [0.3, 0.4) is 0 Å². The molecule has 29 heavy (non-hydrogen) atoms. The Morgan fingerprint density at radius 3 is 1.97 bits per heavy atom. The quantitative estimate of drug-likeness (QED) is 0.502. The van der Waals surface area contributed by atoms with Gasteiger partial charge in [0.1, 0.15) is 0 Å². The Morgan fingerprint density at radius 2 is 1.59 bits per heavy atom. The molecular formula is C23H39CaClN2O2. The van der Waals surface area contributed by atoms with E-state index in [9.17, 15) is 5.11 Å². The minimum atomic E-state index is -0.162. The monoisotopic (exact) mass is 450 g/mol. The first-order valence-corrected chi connectivity index (χ1v) is 10.0. The average Bonchev–Trinajstić information content (AvgIpc) is 3.10. The van der Waals surface area contributed by atoms with Crippen LogP contribution in [0.15, 0.2) is 17.1 Å². The Balaban J connectivity index is 0. The van der Waals surface area contributed by atoms with Crippen molar-refractivity contribution in [2.75, 3.05) is 40.4 Å². The maximum atomic E-state index is 12.7. The number of hydrogen-bond acceptors (Lipinski definition) is 4. The number of rotatable bonds is 4. The third-order valence-corrected chi connectivity index (χ3v) is 4.53. The maximum Gasteiger partial charge on any atom is 2.00 e. The van der Waals surface area contributed by atoms with Crippen molar-refractivity contribution < 1.29 is 22.3 Å². The summed E-state index contributed by atoms with van der Waals surface area (Å²) in [6.45, 7) is 16.4. The molecule has 0 radical (unpaired) electrons. The third kappa shape index (κ3) is 11.9. The van der Waals surface area contributed by atoms with Crippen molar-refractivity contribution in [1.29, 1.82) is 0 Å². The fourth-order valence-corrected chi connectivity index (χ4v) is 2.67. The third-order valence-electron chi connectivity index (χ3n) is 4.53. The Kier molecular flexibility index (Phi) is 15.4. The largest absolute Gasteiger partial charge is 2.00 e. The van der Waals surface area contributed by atoms with E-state index in [1.165, 1.54) is 18.4 Å². The summed E-state index contributed by atoms with van der Waals surface area (Å²) in [5, 5.41) is 12.7. The summed E-state index contributed by atoms with van der Waals surface area (Å²) in [5.41, 5.74) is 2.61. The van der Waals surface area contributed by atoms with Gasteiger partial charge in [-0.2, -0.15) is 0 Å². The van der Waals surface area contributed by atoms with Crippen LogP contribution in [-0.2, 0) is 15.6 Å². The second-order valence-electron chi connectivity index (χ2n) is 9.60. The molecule has 1 heterocycles. The van der Waals surface area contributed by atoms with Crippen LogP contribution in [-0.4, -0.2) is 89.3 Å². The molecular weight excluding hydrogens is 412 g/mol. The zero-order valence-corrected chi connectivity index (χ0v) is 22.7. The van der Waals surface area contributed by atoms with E-state index in [2.05, 4.69) is 57.5 Å². The molecule has 1 fully saturated rings. The van der Waals surface area contributed by atoms with Gasteiger partial charge >= 0.3 is 37.7 Å². The van der Waals surface area contributed by atoms with Gasteiger partial charge in [0.15, 0.2) is 0 Å². The van der Waals surface area contributed by atoms with Gasteiger partial charge < -0.3 is 27.2 Å². The zero-order valence-electron chi connectivity index (χ0n) is 19.8. The fourth-order valence-electron chi connectivity index (χ4n) is 2.67. The van der Waals surface area contributed by atoms with E-state index in [0.29, 0.717) is 12.1 Å². The number of aliphatic imine (C=N–C) groups is 1. The SMILES string of the molecule is C1CCOC1.CN(C)CCN=Cc1cc(C(C)(C)C)cc(C(C)(C)C)c1[O-].[Ca+2].[Cl-]. The van der Waals surface area contributed by atoms with Crippen molar-refractivity contribution >= 4 is 44.0 Å². The Morgan fingerprint density at radius 1 is 1.03 bits per heavy atom. The average molecular weight is 451 g/mol. The first kappa shape index (κ1) is 31.3. The predicted molar refractivity (Wildman–Crippen MR) is 120 cm³/mol. The van der Waals surface area contributed by atoms with Crippen molar-refractivity contribution in [1.82, 2.24) is 4.90 Å². The van der Waals surface area contributed by atoms with Gasteiger partial charge in [0.05, 0.1) is 6.54 Å². The molecule has 4 nitrogen and oxygen atoms in total. The molecule has 6 heteroatoms. The molecule has 1 aromatic carbocycles. The summed E-state index contributed by atoms with van der Waals surface area (Å²) in [6.07, 6.45) is 4.30. The van der Waals surface area contributed by atoms with E-state index in [1.807, 2.05) is 20.2 Å². The first-order chi connectivity index (χ1) is 12.4. The summed E-state index contributed by atoms with van der Waals surface area (Å²) < 4.78 is 4.94. The van der Waals surface area contributed by atoms with E-state index in [0.717, 1.165) is 25.3 Å². The van der Waals surface area contributed by atoms with Crippen LogP contribution < -0.4 is 17.5 Å². The molecule has 0 atom stereocenters. The molecule has 162 valence electrons. The van der Waals surface area contributed by atoms with E-state index < -0.39 is 0 Å². The molecule has 0 unspecified atom stereocenters.